The number of carbonyl (C=O) groups is 1. The average molecular weight is 390 g/mol. The zero-order chi connectivity index (χ0) is 21.9. The molecule has 0 aromatic carbocycles. The molecule has 0 bridgehead atoms. The largest absolute Gasteiger partial charge is 0.390 e. The normalized spacial score (nSPS) is 12.5. The first-order valence-corrected chi connectivity index (χ1v) is 9.66. The van der Waals surface area contributed by atoms with Gasteiger partial charge in [-0.25, -0.2) is 0 Å². The third kappa shape index (κ3) is 12.0. The van der Waals surface area contributed by atoms with E-state index in [0.717, 1.165) is 23.5 Å². The SMILES string of the molecule is C=C/C=C(/COC/C=C\C(=C/CC)NC(=O)/C(C=C)=C(\C)N(C)C)NC.CC. The van der Waals surface area contributed by atoms with Crippen molar-refractivity contribution >= 4 is 5.91 Å². The lowest BCUT2D eigenvalue weighted by atomic mass is 10.1. The highest BCUT2D eigenvalue weighted by atomic mass is 16.5. The number of nitrogens with one attached hydrogen (secondary N) is 2. The van der Waals surface area contributed by atoms with Crippen LogP contribution in [-0.2, 0) is 9.53 Å². The van der Waals surface area contributed by atoms with Gasteiger partial charge in [-0.3, -0.25) is 4.79 Å². The van der Waals surface area contributed by atoms with E-state index in [1.54, 1.807) is 12.2 Å². The molecule has 0 aliphatic rings. The highest BCUT2D eigenvalue weighted by molar-refractivity contribution is 5.97. The van der Waals surface area contributed by atoms with E-state index in [1.807, 2.05) is 78.0 Å². The van der Waals surface area contributed by atoms with Crippen molar-refractivity contribution in [1.29, 1.82) is 0 Å². The summed E-state index contributed by atoms with van der Waals surface area (Å²) in [6.45, 7) is 16.2. The fourth-order valence-electron chi connectivity index (χ4n) is 1.98. The topological polar surface area (TPSA) is 53.6 Å². The summed E-state index contributed by atoms with van der Waals surface area (Å²) in [5, 5.41) is 5.96. The second-order valence-corrected chi connectivity index (χ2v) is 5.71. The molecule has 0 aromatic heterocycles. The Morgan fingerprint density at radius 1 is 1.21 bits per heavy atom. The molecule has 0 rings (SSSR count). The molecule has 0 saturated carbocycles. The molecule has 28 heavy (non-hydrogen) atoms. The smallest absolute Gasteiger partial charge is 0.257 e. The first kappa shape index (κ1) is 27.7. The lowest BCUT2D eigenvalue weighted by Crippen LogP contribution is -2.26. The van der Waals surface area contributed by atoms with Gasteiger partial charge in [-0.15, -0.1) is 0 Å². The summed E-state index contributed by atoms with van der Waals surface area (Å²) < 4.78 is 5.57. The van der Waals surface area contributed by atoms with Gasteiger partial charge < -0.3 is 20.3 Å². The van der Waals surface area contributed by atoms with Crippen LogP contribution in [0.25, 0.3) is 0 Å². The predicted molar refractivity (Wildman–Crippen MR) is 122 cm³/mol. The van der Waals surface area contributed by atoms with Gasteiger partial charge >= 0.3 is 0 Å². The Morgan fingerprint density at radius 3 is 2.32 bits per heavy atom. The second-order valence-electron chi connectivity index (χ2n) is 5.71. The van der Waals surface area contributed by atoms with E-state index >= 15 is 0 Å². The summed E-state index contributed by atoms with van der Waals surface area (Å²) in [5.41, 5.74) is 3.09. The van der Waals surface area contributed by atoms with Crippen molar-refractivity contribution in [3.63, 3.8) is 0 Å². The summed E-state index contributed by atoms with van der Waals surface area (Å²) in [4.78, 5) is 14.4. The minimum absolute atomic E-state index is 0.178. The molecule has 0 spiro atoms. The van der Waals surface area contributed by atoms with Gasteiger partial charge in [0.25, 0.3) is 5.91 Å². The van der Waals surface area contributed by atoms with Crippen LogP contribution in [0.1, 0.15) is 34.1 Å². The number of likely N-dealkylation sites (N-methyl/N-ethyl adjacent to an activating group) is 1. The molecule has 0 aliphatic heterocycles. The maximum Gasteiger partial charge on any atom is 0.257 e. The van der Waals surface area contributed by atoms with Crippen LogP contribution in [0.4, 0.5) is 0 Å². The Bertz CT molecular complexity index is 597. The molecular formula is C23H39N3O2. The Morgan fingerprint density at radius 2 is 1.86 bits per heavy atom. The molecule has 5 nitrogen and oxygen atoms in total. The Hall–Kier alpha value is -2.53. The maximum atomic E-state index is 12.5. The number of carbonyl (C=O) groups excluding carboxylic acids is 1. The van der Waals surface area contributed by atoms with Crippen molar-refractivity contribution in [2.24, 2.45) is 0 Å². The van der Waals surface area contributed by atoms with Gasteiger partial charge in [0.05, 0.1) is 18.8 Å². The van der Waals surface area contributed by atoms with Crippen LogP contribution in [0.2, 0.25) is 0 Å². The van der Waals surface area contributed by atoms with E-state index in [4.69, 9.17) is 4.74 Å². The molecular weight excluding hydrogens is 350 g/mol. The monoisotopic (exact) mass is 389 g/mol. The molecule has 5 heteroatoms. The number of ether oxygens (including phenoxy) is 1. The standard InChI is InChI=1S/C21H33N3O2.C2H6/c1-8-12-18(14-11-15-26-16-19(22-5)13-9-2)23-21(25)20(10-3)17(4)24(6)7;1-2/h9-14,22H,2-3,8,15-16H2,1,4-7H3,(H,23,25);1-2H3/b14-11-,18-12+,19-13-,20-17+;. The van der Waals surface area contributed by atoms with Crippen LogP contribution in [0, 0.1) is 0 Å². The molecule has 0 unspecified atom stereocenters. The summed E-state index contributed by atoms with van der Waals surface area (Å²) in [6.07, 6.45) is 11.6. The van der Waals surface area contributed by atoms with Crippen molar-refractivity contribution in [2.75, 3.05) is 34.4 Å². The number of nitrogens with zero attached hydrogens (tertiary/aromatic N) is 1. The van der Waals surface area contributed by atoms with Crippen molar-refractivity contribution in [2.45, 2.75) is 34.1 Å². The van der Waals surface area contributed by atoms with E-state index in [-0.39, 0.29) is 5.91 Å². The molecule has 0 radical (unpaired) electrons. The van der Waals surface area contributed by atoms with Crippen LogP contribution in [0.5, 0.6) is 0 Å². The van der Waals surface area contributed by atoms with Crippen LogP contribution < -0.4 is 10.6 Å². The van der Waals surface area contributed by atoms with Crippen molar-refractivity contribution in [1.82, 2.24) is 15.5 Å². The average Bonchev–Trinajstić information content (AvgIpc) is 2.68. The summed E-state index contributed by atoms with van der Waals surface area (Å²) in [6, 6.07) is 0. The van der Waals surface area contributed by atoms with Gasteiger partial charge in [-0.1, -0.05) is 58.2 Å². The quantitative estimate of drug-likeness (QED) is 0.297. The highest BCUT2D eigenvalue weighted by Crippen LogP contribution is 2.09. The lowest BCUT2D eigenvalue weighted by Gasteiger charge is -2.17. The Balaban J connectivity index is 0. The van der Waals surface area contributed by atoms with Gasteiger partial charge in [0.15, 0.2) is 0 Å². The first-order chi connectivity index (χ1) is 13.4. The van der Waals surface area contributed by atoms with E-state index in [2.05, 4.69) is 23.8 Å². The number of amides is 1. The lowest BCUT2D eigenvalue weighted by molar-refractivity contribution is -0.116. The number of rotatable bonds is 12. The predicted octanol–water partition coefficient (Wildman–Crippen LogP) is 4.31. The van der Waals surface area contributed by atoms with Crippen LogP contribution >= 0.6 is 0 Å². The van der Waals surface area contributed by atoms with Gasteiger partial charge in [-0.2, -0.15) is 0 Å². The Kier molecular flexibility index (Phi) is 17.7. The van der Waals surface area contributed by atoms with Crippen LogP contribution in [-0.4, -0.2) is 45.2 Å². The first-order valence-electron chi connectivity index (χ1n) is 9.66. The zero-order valence-corrected chi connectivity index (χ0v) is 18.8. The molecule has 2 N–H and O–H groups in total. The van der Waals surface area contributed by atoms with E-state index in [0.29, 0.717) is 18.8 Å². The maximum absolute atomic E-state index is 12.5. The number of allylic oxidation sites excluding steroid dienone is 5. The zero-order valence-electron chi connectivity index (χ0n) is 18.8. The minimum atomic E-state index is -0.178. The molecule has 0 fully saturated rings. The van der Waals surface area contributed by atoms with E-state index in [1.165, 1.54) is 0 Å². The van der Waals surface area contributed by atoms with Crippen molar-refractivity contribution in [3.8, 4) is 0 Å². The second kappa shape index (κ2) is 17.9. The molecule has 0 heterocycles. The van der Waals surface area contributed by atoms with Gasteiger partial charge in [0.2, 0.25) is 0 Å². The summed E-state index contributed by atoms with van der Waals surface area (Å²) in [7, 11) is 5.63. The van der Waals surface area contributed by atoms with E-state index < -0.39 is 0 Å². The molecule has 1 amide bonds. The van der Waals surface area contributed by atoms with E-state index in [9.17, 15) is 4.79 Å². The fraction of sp³-hybridized carbons (Fsp3) is 0.435. The summed E-state index contributed by atoms with van der Waals surface area (Å²) in [5.74, 6) is -0.178. The number of hydrogen-bond donors (Lipinski definition) is 2. The van der Waals surface area contributed by atoms with Gasteiger partial charge in [0.1, 0.15) is 0 Å². The minimum Gasteiger partial charge on any atom is -0.390 e. The van der Waals surface area contributed by atoms with Crippen LogP contribution in [0.3, 0.4) is 0 Å². The molecule has 0 atom stereocenters. The highest BCUT2D eigenvalue weighted by Gasteiger charge is 2.11. The van der Waals surface area contributed by atoms with Gasteiger partial charge in [0, 0.05) is 38.2 Å². The molecule has 0 saturated heterocycles. The number of hydrogen-bond acceptors (Lipinski definition) is 4. The fourth-order valence-corrected chi connectivity index (χ4v) is 1.98. The molecule has 158 valence electrons. The van der Waals surface area contributed by atoms with Crippen molar-refractivity contribution in [3.05, 3.63) is 72.3 Å². The van der Waals surface area contributed by atoms with Crippen molar-refractivity contribution < 1.29 is 9.53 Å². The molecule has 0 aliphatic carbocycles. The summed E-state index contributed by atoms with van der Waals surface area (Å²) >= 11 is 0. The molecule has 0 aromatic rings. The Labute approximate surface area is 172 Å². The van der Waals surface area contributed by atoms with Crippen LogP contribution in [0.15, 0.2) is 72.3 Å². The third-order valence-corrected chi connectivity index (χ3v) is 3.60. The van der Waals surface area contributed by atoms with Gasteiger partial charge in [-0.05, 0) is 25.5 Å². The third-order valence-electron chi connectivity index (χ3n) is 3.60.